The van der Waals surface area contributed by atoms with Gasteiger partial charge in [0.05, 0.1) is 11.3 Å². The summed E-state index contributed by atoms with van der Waals surface area (Å²) < 4.78 is 6.08. The fourth-order valence-electron chi connectivity index (χ4n) is 3.32. The van der Waals surface area contributed by atoms with Gasteiger partial charge in [0.15, 0.2) is 0 Å². The second-order valence-electron chi connectivity index (χ2n) is 6.57. The molecule has 1 N–H and O–H groups in total. The summed E-state index contributed by atoms with van der Waals surface area (Å²) in [5.41, 5.74) is 6.15. The highest BCUT2D eigenvalue weighted by Gasteiger charge is 2.20. The van der Waals surface area contributed by atoms with Crippen molar-refractivity contribution in [2.45, 2.75) is 6.92 Å². The summed E-state index contributed by atoms with van der Waals surface area (Å²) in [4.78, 5) is 3.51. The van der Waals surface area contributed by atoms with Crippen LogP contribution in [0.5, 0.6) is 0 Å². The van der Waals surface area contributed by atoms with Crippen molar-refractivity contribution < 1.29 is 4.42 Å². The molecule has 5 aromatic rings. The van der Waals surface area contributed by atoms with Crippen LogP contribution in [0.4, 0.5) is 0 Å². The molecule has 0 spiro atoms. The molecule has 0 aliphatic rings. The van der Waals surface area contributed by atoms with E-state index in [1.54, 1.807) is 0 Å². The van der Waals surface area contributed by atoms with Gasteiger partial charge in [-0.15, -0.1) is 10.2 Å². The second kappa shape index (κ2) is 6.25. The lowest BCUT2D eigenvalue weighted by atomic mass is 10.1. The molecule has 5 rings (SSSR count). The topological polar surface area (TPSA) is 54.7 Å². The van der Waals surface area contributed by atoms with E-state index in [2.05, 4.69) is 46.4 Å². The van der Waals surface area contributed by atoms with Crippen LogP contribution >= 0.6 is 0 Å². The number of hydrogen-bond acceptors (Lipinski definition) is 3. The molecule has 0 saturated heterocycles. The van der Waals surface area contributed by atoms with E-state index in [9.17, 15) is 0 Å². The normalized spacial score (nSPS) is 11.1. The Morgan fingerprint density at radius 3 is 2.22 bits per heavy atom. The van der Waals surface area contributed by atoms with Gasteiger partial charge >= 0.3 is 0 Å². The number of nitrogens with one attached hydrogen (secondary N) is 1. The minimum atomic E-state index is 0.516. The lowest BCUT2D eigenvalue weighted by Crippen LogP contribution is -1.82. The molecule has 0 atom stereocenters. The van der Waals surface area contributed by atoms with E-state index in [0.717, 1.165) is 33.3 Å². The number of fused-ring (bicyclic) bond motifs is 1. The molecule has 2 heterocycles. The van der Waals surface area contributed by atoms with Crippen molar-refractivity contribution in [2.24, 2.45) is 0 Å². The summed E-state index contributed by atoms with van der Waals surface area (Å²) >= 11 is 0. The largest absolute Gasteiger partial charge is 0.416 e. The van der Waals surface area contributed by atoms with Crippen molar-refractivity contribution in [3.63, 3.8) is 0 Å². The van der Waals surface area contributed by atoms with Crippen molar-refractivity contribution in [1.29, 1.82) is 0 Å². The third-order valence-corrected chi connectivity index (χ3v) is 4.71. The van der Waals surface area contributed by atoms with Gasteiger partial charge in [-0.1, -0.05) is 66.2 Å². The Kier molecular flexibility index (Phi) is 3.61. The summed E-state index contributed by atoms with van der Waals surface area (Å²) in [6.45, 7) is 2.06. The molecule has 2 aromatic heterocycles. The van der Waals surface area contributed by atoms with Crippen molar-refractivity contribution >= 4 is 10.9 Å². The summed E-state index contributed by atoms with van der Waals surface area (Å²) in [5.74, 6) is 1.04. The van der Waals surface area contributed by atoms with Crippen LogP contribution in [0, 0.1) is 6.92 Å². The number of aromatic amines is 1. The van der Waals surface area contributed by atoms with E-state index in [0.29, 0.717) is 11.8 Å². The molecule has 0 aliphatic heterocycles. The van der Waals surface area contributed by atoms with Crippen LogP contribution in [0.25, 0.3) is 45.1 Å². The van der Waals surface area contributed by atoms with Crippen molar-refractivity contribution in [3.05, 3.63) is 84.4 Å². The minimum Gasteiger partial charge on any atom is -0.416 e. The number of para-hydroxylation sites is 1. The number of hydrogen-bond donors (Lipinski definition) is 1. The summed E-state index contributed by atoms with van der Waals surface area (Å²) in [5, 5.41) is 9.71. The number of benzene rings is 3. The number of aryl methyl sites for hydroxylation is 1. The van der Waals surface area contributed by atoms with Crippen LogP contribution in [0.3, 0.4) is 0 Å². The molecular formula is C23H17N3O. The predicted molar refractivity (Wildman–Crippen MR) is 107 cm³/mol. The molecular weight excluding hydrogens is 334 g/mol. The fourth-order valence-corrected chi connectivity index (χ4v) is 3.32. The minimum absolute atomic E-state index is 0.516. The predicted octanol–water partition coefficient (Wildman–Crippen LogP) is 5.86. The van der Waals surface area contributed by atoms with Gasteiger partial charge in [-0.3, -0.25) is 0 Å². The van der Waals surface area contributed by atoms with E-state index in [1.165, 1.54) is 5.56 Å². The monoisotopic (exact) mass is 351 g/mol. The number of nitrogens with zero attached hydrogens (tertiary/aromatic N) is 2. The van der Waals surface area contributed by atoms with E-state index in [1.807, 2.05) is 54.6 Å². The Hall–Kier alpha value is -3.66. The Labute approximate surface area is 156 Å². The maximum Gasteiger partial charge on any atom is 0.250 e. The first-order valence-electron chi connectivity index (χ1n) is 8.86. The Morgan fingerprint density at radius 2 is 1.41 bits per heavy atom. The highest BCUT2D eigenvalue weighted by atomic mass is 16.4. The molecule has 0 bridgehead atoms. The highest BCUT2D eigenvalue weighted by molar-refractivity contribution is 6.01. The maximum atomic E-state index is 6.08. The third-order valence-electron chi connectivity index (χ3n) is 4.71. The summed E-state index contributed by atoms with van der Waals surface area (Å²) in [6.07, 6.45) is 0. The summed E-state index contributed by atoms with van der Waals surface area (Å²) in [7, 11) is 0. The molecule has 0 aliphatic carbocycles. The van der Waals surface area contributed by atoms with Gasteiger partial charge in [-0.25, -0.2) is 0 Å². The van der Waals surface area contributed by atoms with E-state index < -0.39 is 0 Å². The zero-order valence-electron chi connectivity index (χ0n) is 14.8. The van der Waals surface area contributed by atoms with E-state index in [4.69, 9.17) is 4.42 Å². The lowest BCUT2D eigenvalue weighted by Gasteiger charge is -2.01. The van der Waals surface area contributed by atoms with Crippen molar-refractivity contribution in [3.8, 4) is 34.2 Å². The lowest BCUT2D eigenvalue weighted by molar-refractivity contribution is 0.585. The molecule has 0 amide bonds. The smallest absolute Gasteiger partial charge is 0.250 e. The maximum absolute atomic E-state index is 6.08. The third kappa shape index (κ3) is 2.72. The van der Waals surface area contributed by atoms with Gasteiger partial charge in [0.1, 0.15) is 0 Å². The Bertz CT molecular complexity index is 1220. The zero-order chi connectivity index (χ0) is 18.2. The van der Waals surface area contributed by atoms with Crippen LogP contribution in [-0.2, 0) is 0 Å². The molecule has 4 nitrogen and oxygen atoms in total. The van der Waals surface area contributed by atoms with Crippen LogP contribution in [0.15, 0.2) is 83.3 Å². The highest BCUT2D eigenvalue weighted by Crippen LogP contribution is 2.38. The Morgan fingerprint density at radius 1 is 0.704 bits per heavy atom. The standard InChI is InChI=1S/C23H17N3O/c1-15-11-13-17(14-12-15)22-25-26-23(27-22)20-18-9-5-6-10-19(18)24-21(20)16-7-3-2-4-8-16/h2-14,24H,1H3. The van der Waals surface area contributed by atoms with E-state index in [-0.39, 0.29) is 0 Å². The number of rotatable bonds is 3. The Balaban J connectivity index is 1.70. The molecule has 0 unspecified atom stereocenters. The van der Waals surface area contributed by atoms with Gasteiger partial charge in [-0.05, 0) is 30.7 Å². The van der Waals surface area contributed by atoms with Crippen LogP contribution in [0.2, 0.25) is 0 Å². The van der Waals surface area contributed by atoms with Crippen LogP contribution < -0.4 is 0 Å². The van der Waals surface area contributed by atoms with Gasteiger partial charge < -0.3 is 9.40 Å². The van der Waals surface area contributed by atoms with Crippen molar-refractivity contribution in [1.82, 2.24) is 15.2 Å². The fraction of sp³-hybridized carbons (Fsp3) is 0.0435. The van der Waals surface area contributed by atoms with Crippen LogP contribution in [-0.4, -0.2) is 15.2 Å². The molecule has 0 saturated carbocycles. The molecule has 0 fully saturated rings. The molecule has 0 radical (unpaired) electrons. The van der Waals surface area contributed by atoms with Gasteiger partial charge in [0.25, 0.3) is 5.89 Å². The van der Waals surface area contributed by atoms with Gasteiger partial charge in [0.2, 0.25) is 5.89 Å². The SMILES string of the molecule is Cc1ccc(-c2nnc(-c3c(-c4ccccc4)[nH]c4ccccc34)o2)cc1. The van der Waals surface area contributed by atoms with Gasteiger partial charge in [-0.2, -0.15) is 0 Å². The van der Waals surface area contributed by atoms with Crippen LogP contribution in [0.1, 0.15) is 5.56 Å². The zero-order valence-corrected chi connectivity index (χ0v) is 14.8. The first-order chi connectivity index (χ1) is 13.3. The average Bonchev–Trinajstić information content (AvgIpc) is 3.34. The van der Waals surface area contributed by atoms with Crippen molar-refractivity contribution in [2.75, 3.05) is 0 Å². The van der Waals surface area contributed by atoms with E-state index >= 15 is 0 Å². The average molecular weight is 351 g/mol. The molecule has 3 aromatic carbocycles. The quantitative estimate of drug-likeness (QED) is 0.443. The molecule has 130 valence electrons. The van der Waals surface area contributed by atoms with Gasteiger partial charge in [0, 0.05) is 16.5 Å². The number of aromatic nitrogens is 3. The first-order valence-corrected chi connectivity index (χ1v) is 8.86. The number of H-pyrrole nitrogens is 1. The summed E-state index contributed by atoms with van der Waals surface area (Å²) in [6, 6.07) is 26.5. The molecule has 27 heavy (non-hydrogen) atoms. The first kappa shape index (κ1) is 15.6. The second-order valence-corrected chi connectivity index (χ2v) is 6.57. The molecule has 4 heteroatoms.